The molecule has 0 unspecified atom stereocenters. The quantitative estimate of drug-likeness (QED) is 0.372. The predicted octanol–water partition coefficient (Wildman–Crippen LogP) is 1.58. The Morgan fingerprint density at radius 2 is 1.00 bits per heavy atom. The number of hydrogen-bond acceptors (Lipinski definition) is 8. The molecule has 0 aromatic carbocycles. The summed E-state index contributed by atoms with van der Waals surface area (Å²) in [6.45, 7) is 15.2. The van der Waals surface area contributed by atoms with Crippen molar-refractivity contribution >= 4 is 23.9 Å². The zero-order valence-electron chi connectivity index (χ0n) is 13.7. The van der Waals surface area contributed by atoms with E-state index in [1.54, 1.807) is 0 Å². The van der Waals surface area contributed by atoms with Gasteiger partial charge in [0.2, 0.25) is 13.6 Å². The van der Waals surface area contributed by atoms with Gasteiger partial charge in [-0.25, -0.2) is 19.2 Å². The van der Waals surface area contributed by atoms with Crippen LogP contribution in [-0.4, -0.2) is 37.5 Å². The van der Waals surface area contributed by atoms with Crippen LogP contribution in [0.2, 0.25) is 0 Å². The summed E-state index contributed by atoms with van der Waals surface area (Å²) in [6, 6.07) is 0. The molecule has 0 saturated heterocycles. The van der Waals surface area contributed by atoms with Crippen molar-refractivity contribution in [3.8, 4) is 0 Å². The first kappa shape index (κ1) is 23.1. The molecule has 8 heteroatoms. The van der Waals surface area contributed by atoms with Crippen molar-refractivity contribution < 1.29 is 38.1 Å². The largest absolute Gasteiger partial charge is 0.425 e. The summed E-state index contributed by atoms with van der Waals surface area (Å²) in [5.41, 5.74) is 0.512. The van der Waals surface area contributed by atoms with Gasteiger partial charge in [-0.2, -0.15) is 0 Å². The Labute approximate surface area is 140 Å². The van der Waals surface area contributed by atoms with Crippen LogP contribution in [0.1, 0.15) is 13.8 Å². The van der Waals surface area contributed by atoms with Crippen LogP contribution in [0.15, 0.2) is 49.6 Å². The van der Waals surface area contributed by atoms with E-state index in [9.17, 15) is 19.2 Å². The number of hydrogen-bond donors (Lipinski definition) is 0. The van der Waals surface area contributed by atoms with Gasteiger partial charge in [-0.15, -0.1) is 0 Å². The number of carbonyl (C=O) groups excluding carboxylic acids is 4. The third kappa shape index (κ3) is 13.8. The molecule has 0 bridgehead atoms. The van der Waals surface area contributed by atoms with Gasteiger partial charge < -0.3 is 18.9 Å². The van der Waals surface area contributed by atoms with Crippen LogP contribution in [-0.2, 0) is 38.1 Å². The molecule has 0 heterocycles. The van der Waals surface area contributed by atoms with Gasteiger partial charge in [-0.05, 0) is 13.8 Å². The molecule has 0 saturated carbocycles. The zero-order valence-corrected chi connectivity index (χ0v) is 13.7. The minimum atomic E-state index is -0.637. The fourth-order valence-corrected chi connectivity index (χ4v) is 0.646. The van der Waals surface area contributed by atoms with Crippen LogP contribution < -0.4 is 0 Å². The third-order valence-electron chi connectivity index (χ3n) is 1.81. The minimum Gasteiger partial charge on any atom is -0.425 e. The number of carbonyl (C=O) groups is 4. The maximum atomic E-state index is 10.8. The number of esters is 4. The second-order valence-electron chi connectivity index (χ2n) is 3.99. The van der Waals surface area contributed by atoms with Gasteiger partial charge in [0.15, 0.2) is 0 Å². The molecular formula is C16H20O8. The summed E-state index contributed by atoms with van der Waals surface area (Å²) in [4.78, 5) is 42.2. The topological polar surface area (TPSA) is 105 Å². The van der Waals surface area contributed by atoms with Gasteiger partial charge in [0, 0.05) is 23.3 Å². The minimum absolute atomic E-state index is 0.256. The van der Waals surface area contributed by atoms with Crippen LogP contribution >= 0.6 is 0 Å². The van der Waals surface area contributed by atoms with E-state index in [-0.39, 0.29) is 11.1 Å². The maximum absolute atomic E-state index is 10.8. The molecule has 132 valence electrons. The molecule has 0 radical (unpaired) electrons. The van der Waals surface area contributed by atoms with E-state index in [1.165, 1.54) is 13.8 Å². The number of rotatable bonds is 8. The first-order valence-corrected chi connectivity index (χ1v) is 6.39. The summed E-state index contributed by atoms with van der Waals surface area (Å²) >= 11 is 0. The molecule has 8 nitrogen and oxygen atoms in total. The fourth-order valence-electron chi connectivity index (χ4n) is 0.646. The van der Waals surface area contributed by atoms with Crippen LogP contribution in [0.5, 0.6) is 0 Å². The van der Waals surface area contributed by atoms with Crippen LogP contribution in [0.25, 0.3) is 0 Å². The Morgan fingerprint density at radius 3 is 1.25 bits per heavy atom. The Morgan fingerprint density at radius 1 is 0.708 bits per heavy atom. The SMILES string of the molecule is C=C(C)C(=O)OCOC(=O)C(=C)C.C=CC(=O)OCOC(=O)C=C. The molecule has 0 aliphatic heterocycles. The lowest BCUT2D eigenvalue weighted by molar-refractivity contribution is -0.162. The second kappa shape index (κ2) is 13.5. The highest BCUT2D eigenvalue weighted by molar-refractivity contribution is 5.88. The Hall–Kier alpha value is -3.16. The van der Waals surface area contributed by atoms with Crippen molar-refractivity contribution in [3.63, 3.8) is 0 Å². The maximum Gasteiger partial charge on any atom is 0.335 e. The van der Waals surface area contributed by atoms with Crippen molar-refractivity contribution in [2.75, 3.05) is 13.6 Å². The molecule has 0 fully saturated rings. The third-order valence-corrected chi connectivity index (χ3v) is 1.81. The molecular weight excluding hydrogens is 320 g/mol. The van der Waals surface area contributed by atoms with Gasteiger partial charge >= 0.3 is 23.9 Å². The highest BCUT2D eigenvalue weighted by Gasteiger charge is 2.06. The van der Waals surface area contributed by atoms with Gasteiger partial charge in [0.1, 0.15) is 0 Å². The Balaban J connectivity index is 0. The average molecular weight is 340 g/mol. The van der Waals surface area contributed by atoms with E-state index in [2.05, 4.69) is 45.3 Å². The molecule has 0 aromatic rings. The summed E-state index contributed by atoms with van der Waals surface area (Å²) in [5, 5.41) is 0. The highest BCUT2D eigenvalue weighted by Crippen LogP contribution is 1.95. The van der Waals surface area contributed by atoms with E-state index in [4.69, 9.17) is 0 Å². The molecule has 0 spiro atoms. The lowest BCUT2D eigenvalue weighted by atomic mass is 10.4. The Kier molecular flexibility index (Phi) is 13.0. The smallest absolute Gasteiger partial charge is 0.335 e. The summed E-state index contributed by atoms with van der Waals surface area (Å²) < 4.78 is 17.6. The molecule has 0 aromatic heterocycles. The molecule has 24 heavy (non-hydrogen) atoms. The zero-order chi connectivity index (χ0) is 19.1. The highest BCUT2D eigenvalue weighted by atomic mass is 16.7. The molecule has 0 rings (SSSR count). The number of ether oxygens (including phenoxy) is 4. The summed E-state index contributed by atoms with van der Waals surface area (Å²) in [7, 11) is 0. The average Bonchev–Trinajstić information content (AvgIpc) is 2.54. The molecule has 0 aliphatic carbocycles. The molecule has 0 aliphatic rings. The van der Waals surface area contributed by atoms with Crippen molar-refractivity contribution in [3.05, 3.63) is 49.6 Å². The lowest BCUT2D eigenvalue weighted by Gasteiger charge is -2.04. The van der Waals surface area contributed by atoms with Crippen molar-refractivity contribution in [2.24, 2.45) is 0 Å². The monoisotopic (exact) mass is 340 g/mol. The second-order valence-corrected chi connectivity index (χ2v) is 3.99. The predicted molar refractivity (Wildman–Crippen MR) is 84.1 cm³/mol. The summed E-state index contributed by atoms with van der Waals surface area (Å²) in [5.74, 6) is -2.45. The van der Waals surface area contributed by atoms with Gasteiger partial charge in [-0.1, -0.05) is 26.3 Å². The molecule has 0 amide bonds. The van der Waals surface area contributed by atoms with E-state index in [0.717, 1.165) is 12.2 Å². The molecule has 0 N–H and O–H groups in total. The van der Waals surface area contributed by atoms with Crippen molar-refractivity contribution in [1.29, 1.82) is 0 Å². The van der Waals surface area contributed by atoms with E-state index < -0.39 is 37.5 Å². The van der Waals surface area contributed by atoms with Gasteiger partial charge in [-0.3, -0.25) is 0 Å². The van der Waals surface area contributed by atoms with Crippen LogP contribution in [0.4, 0.5) is 0 Å². The van der Waals surface area contributed by atoms with Crippen LogP contribution in [0, 0.1) is 0 Å². The standard InChI is InChI=1S/C9H12O4.C7H8O4/c1-6(2)8(10)12-5-13-9(11)7(3)4;1-3-6(8)10-5-11-7(9)4-2/h1,3,5H2,2,4H3;3-4H,1-2,5H2. The van der Waals surface area contributed by atoms with Crippen molar-refractivity contribution in [1.82, 2.24) is 0 Å². The lowest BCUT2D eigenvalue weighted by Crippen LogP contribution is -2.13. The summed E-state index contributed by atoms with van der Waals surface area (Å²) in [6.07, 6.45) is 1.95. The van der Waals surface area contributed by atoms with E-state index in [1.807, 2.05) is 0 Å². The Bertz CT molecular complexity index is 484. The van der Waals surface area contributed by atoms with E-state index >= 15 is 0 Å². The van der Waals surface area contributed by atoms with Crippen LogP contribution in [0.3, 0.4) is 0 Å². The fraction of sp³-hybridized carbons (Fsp3) is 0.250. The van der Waals surface area contributed by atoms with Crippen molar-refractivity contribution in [2.45, 2.75) is 13.8 Å². The first-order chi connectivity index (χ1) is 11.1. The first-order valence-electron chi connectivity index (χ1n) is 6.39. The van der Waals surface area contributed by atoms with Gasteiger partial charge in [0.25, 0.3) is 0 Å². The van der Waals surface area contributed by atoms with Gasteiger partial charge in [0.05, 0.1) is 0 Å². The normalized spacial score (nSPS) is 8.42. The van der Waals surface area contributed by atoms with E-state index in [0.29, 0.717) is 0 Å². The molecule has 0 atom stereocenters.